The van der Waals surface area contributed by atoms with Crippen molar-refractivity contribution in [1.29, 1.82) is 0 Å². The lowest BCUT2D eigenvalue weighted by molar-refractivity contribution is 0.0909. The SMILES string of the molecule is Cc1c(C(=O)NCCc2cccnc2)[nH]c2c1C(=O)CC(C)(C)C2. The number of Topliss-reactive ketones (excluding diaryl/α,β-unsaturated/α-hetero) is 1. The largest absolute Gasteiger partial charge is 0.354 e. The quantitative estimate of drug-likeness (QED) is 0.907. The Kier molecular flexibility index (Phi) is 4.26. The van der Waals surface area contributed by atoms with Crippen LogP contribution in [0.15, 0.2) is 24.5 Å². The Morgan fingerprint density at radius 1 is 1.38 bits per heavy atom. The molecule has 3 rings (SSSR count). The van der Waals surface area contributed by atoms with Crippen molar-refractivity contribution in [2.24, 2.45) is 5.41 Å². The first kappa shape index (κ1) is 16.4. The number of aromatic nitrogens is 2. The van der Waals surface area contributed by atoms with Crippen molar-refractivity contribution in [3.63, 3.8) is 0 Å². The van der Waals surface area contributed by atoms with E-state index in [1.54, 1.807) is 12.4 Å². The zero-order chi connectivity index (χ0) is 17.3. The first-order chi connectivity index (χ1) is 11.4. The monoisotopic (exact) mass is 325 g/mol. The van der Waals surface area contributed by atoms with Crippen LogP contribution in [0.25, 0.3) is 0 Å². The number of hydrogen-bond donors (Lipinski definition) is 2. The number of nitrogens with zero attached hydrogens (tertiary/aromatic N) is 1. The average Bonchev–Trinajstić information content (AvgIpc) is 2.83. The first-order valence-electron chi connectivity index (χ1n) is 8.29. The highest BCUT2D eigenvalue weighted by Crippen LogP contribution is 2.36. The second kappa shape index (κ2) is 6.23. The molecule has 5 heteroatoms. The minimum Gasteiger partial charge on any atom is -0.354 e. The topological polar surface area (TPSA) is 74.8 Å². The number of hydrogen-bond acceptors (Lipinski definition) is 3. The summed E-state index contributed by atoms with van der Waals surface area (Å²) in [4.78, 5) is 32.1. The van der Waals surface area contributed by atoms with Gasteiger partial charge in [-0.25, -0.2) is 0 Å². The van der Waals surface area contributed by atoms with Crippen molar-refractivity contribution in [3.05, 3.63) is 52.6 Å². The van der Waals surface area contributed by atoms with Crippen molar-refractivity contribution in [1.82, 2.24) is 15.3 Å². The van der Waals surface area contributed by atoms with Gasteiger partial charge in [0.25, 0.3) is 5.91 Å². The van der Waals surface area contributed by atoms with E-state index in [-0.39, 0.29) is 17.1 Å². The molecule has 2 N–H and O–H groups in total. The standard InChI is InChI=1S/C19H23N3O2/c1-12-16-14(9-19(2,3)10-15(16)23)22-17(12)18(24)21-8-6-13-5-4-7-20-11-13/h4-5,7,11,22H,6,8-10H2,1-3H3,(H,21,24). The van der Waals surface area contributed by atoms with E-state index >= 15 is 0 Å². The molecule has 1 aliphatic carbocycles. The third-order valence-electron chi connectivity index (χ3n) is 4.55. The predicted octanol–water partition coefficient (Wildman–Crippen LogP) is 2.85. The lowest BCUT2D eigenvalue weighted by Gasteiger charge is -2.28. The van der Waals surface area contributed by atoms with Gasteiger partial charge in [0.2, 0.25) is 0 Å². The number of nitrogens with one attached hydrogen (secondary N) is 2. The molecule has 0 aromatic carbocycles. The lowest BCUT2D eigenvalue weighted by Crippen LogP contribution is -2.26. The number of carbonyl (C=O) groups excluding carboxylic acids is 2. The van der Waals surface area contributed by atoms with Crippen molar-refractivity contribution in [2.45, 2.75) is 40.0 Å². The second-order valence-electron chi connectivity index (χ2n) is 7.29. The summed E-state index contributed by atoms with van der Waals surface area (Å²) in [7, 11) is 0. The van der Waals surface area contributed by atoms with Crippen LogP contribution in [0.1, 0.15) is 57.9 Å². The summed E-state index contributed by atoms with van der Waals surface area (Å²) in [6.07, 6.45) is 5.57. The van der Waals surface area contributed by atoms with Crippen molar-refractivity contribution < 1.29 is 9.59 Å². The van der Waals surface area contributed by atoms with Crippen LogP contribution < -0.4 is 5.32 Å². The van der Waals surface area contributed by atoms with Gasteiger partial charge >= 0.3 is 0 Å². The third-order valence-corrected chi connectivity index (χ3v) is 4.55. The maximum Gasteiger partial charge on any atom is 0.268 e. The molecule has 1 amide bonds. The molecule has 24 heavy (non-hydrogen) atoms. The summed E-state index contributed by atoms with van der Waals surface area (Å²) >= 11 is 0. The molecular weight excluding hydrogens is 302 g/mol. The molecular formula is C19H23N3O2. The number of H-pyrrole nitrogens is 1. The van der Waals surface area contributed by atoms with Crippen LogP contribution in [0.5, 0.6) is 0 Å². The smallest absolute Gasteiger partial charge is 0.268 e. The van der Waals surface area contributed by atoms with E-state index in [4.69, 9.17) is 0 Å². The molecule has 2 aromatic heterocycles. The minimum atomic E-state index is -0.156. The number of carbonyl (C=O) groups is 2. The highest BCUT2D eigenvalue weighted by Gasteiger charge is 2.35. The molecule has 0 fully saturated rings. The number of aromatic amines is 1. The van der Waals surface area contributed by atoms with E-state index in [1.807, 2.05) is 19.1 Å². The van der Waals surface area contributed by atoms with Gasteiger partial charge in [0, 0.05) is 36.6 Å². The van der Waals surface area contributed by atoms with Gasteiger partial charge in [-0.1, -0.05) is 19.9 Å². The van der Waals surface area contributed by atoms with E-state index in [9.17, 15) is 9.59 Å². The van der Waals surface area contributed by atoms with Crippen LogP contribution in [0.4, 0.5) is 0 Å². The highest BCUT2D eigenvalue weighted by atomic mass is 16.2. The number of ketones is 1. The molecule has 2 aromatic rings. The van der Waals surface area contributed by atoms with Crippen LogP contribution in [0.2, 0.25) is 0 Å². The summed E-state index contributed by atoms with van der Waals surface area (Å²) in [5, 5.41) is 2.92. The van der Waals surface area contributed by atoms with Gasteiger partial charge in [-0.2, -0.15) is 0 Å². The third kappa shape index (κ3) is 3.25. The van der Waals surface area contributed by atoms with E-state index in [0.717, 1.165) is 29.7 Å². The Morgan fingerprint density at radius 3 is 2.88 bits per heavy atom. The molecule has 0 atom stereocenters. The van der Waals surface area contributed by atoms with E-state index in [1.165, 1.54) is 0 Å². The Balaban J connectivity index is 1.71. The molecule has 126 valence electrons. The summed E-state index contributed by atoms with van der Waals surface area (Å²) in [5.74, 6) is -0.0270. The molecule has 0 radical (unpaired) electrons. The first-order valence-corrected chi connectivity index (χ1v) is 8.29. The summed E-state index contributed by atoms with van der Waals surface area (Å²) in [6, 6.07) is 3.87. The Morgan fingerprint density at radius 2 is 2.17 bits per heavy atom. The van der Waals surface area contributed by atoms with Gasteiger partial charge in [-0.05, 0) is 42.4 Å². The second-order valence-corrected chi connectivity index (χ2v) is 7.29. The van der Waals surface area contributed by atoms with Gasteiger partial charge in [-0.15, -0.1) is 0 Å². The number of rotatable bonds is 4. The minimum absolute atomic E-state index is 0.0601. The van der Waals surface area contributed by atoms with Crippen LogP contribution in [0, 0.1) is 12.3 Å². The molecule has 0 unspecified atom stereocenters. The fourth-order valence-electron chi connectivity index (χ4n) is 3.41. The van der Waals surface area contributed by atoms with Gasteiger partial charge in [0.15, 0.2) is 5.78 Å². The van der Waals surface area contributed by atoms with E-state index in [0.29, 0.717) is 24.2 Å². The molecule has 5 nitrogen and oxygen atoms in total. The number of amides is 1. The highest BCUT2D eigenvalue weighted by molar-refractivity contribution is 6.04. The number of pyridine rings is 1. The van der Waals surface area contributed by atoms with E-state index < -0.39 is 0 Å². The fraction of sp³-hybridized carbons (Fsp3) is 0.421. The Bertz CT molecular complexity index is 775. The zero-order valence-electron chi connectivity index (χ0n) is 14.4. The molecule has 0 bridgehead atoms. The average molecular weight is 325 g/mol. The Labute approximate surface area is 141 Å². The molecule has 0 aliphatic heterocycles. The molecule has 1 aliphatic rings. The van der Waals surface area contributed by atoms with Crippen molar-refractivity contribution in [2.75, 3.05) is 6.54 Å². The van der Waals surface area contributed by atoms with E-state index in [2.05, 4.69) is 29.1 Å². The van der Waals surface area contributed by atoms with Crippen molar-refractivity contribution >= 4 is 11.7 Å². The lowest BCUT2D eigenvalue weighted by atomic mass is 9.75. The number of fused-ring (bicyclic) bond motifs is 1. The Hall–Kier alpha value is -2.43. The molecule has 0 spiro atoms. The van der Waals surface area contributed by atoms with Crippen LogP contribution in [0.3, 0.4) is 0 Å². The van der Waals surface area contributed by atoms with Gasteiger partial charge in [0.05, 0.1) is 0 Å². The molecule has 2 heterocycles. The molecule has 0 saturated carbocycles. The van der Waals surface area contributed by atoms with Gasteiger partial charge in [0.1, 0.15) is 5.69 Å². The maximum absolute atomic E-state index is 12.5. The van der Waals surface area contributed by atoms with Crippen molar-refractivity contribution in [3.8, 4) is 0 Å². The van der Waals surface area contributed by atoms with Crippen LogP contribution >= 0.6 is 0 Å². The molecule has 0 saturated heterocycles. The zero-order valence-corrected chi connectivity index (χ0v) is 14.4. The van der Waals surface area contributed by atoms with Gasteiger partial charge < -0.3 is 10.3 Å². The fourth-order valence-corrected chi connectivity index (χ4v) is 3.41. The summed E-state index contributed by atoms with van der Waals surface area (Å²) in [5.41, 5.74) is 3.91. The predicted molar refractivity (Wildman–Crippen MR) is 92.2 cm³/mol. The van der Waals surface area contributed by atoms with Gasteiger partial charge in [-0.3, -0.25) is 14.6 Å². The van der Waals surface area contributed by atoms with Crippen LogP contribution in [-0.2, 0) is 12.8 Å². The summed E-state index contributed by atoms with van der Waals surface area (Å²) < 4.78 is 0. The normalized spacial score (nSPS) is 15.9. The van der Waals surface area contributed by atoms with Crippen LogP contribution in [-0.4, -0.2) is 28.2 Å². The summed E-state index contributed by atoms with van der Waals surface area (Å²) in [6.45, 7) is 6.55. The maximum atomic E-state index is 12.5.